The number of benzene rings is 5. The van der Waals surface area contributed by atoms with E-state index in [0.29, 0.717) is 28.2 Å². The van der Waals surface area contributed by atoms with Crippen LogP contribution in [0.4, 0.5) is 0 Å². The molecule has 0 fully saturated rings. The summed E-state index contributed by atoms with van der Waals surface area (Å²) < 4.78 is 74.5. The van der Waals surface area contributed by atoms with Crippen LogP contribution < -0.4 is 0 Å². The summed E-state index contributed by atoms with van der Waals surface area (Å²) in [4.78, 5) is 8.97. The van der Waals surface area contributed by atoms with Crippen LogP contribution in [0.15, 0.2) is 138 Å². The van der Waals surface area contributed by atoms with Crippen LogP contribution in [0.25, 0.3) is 61.5 Å². The molecule has 0 spiro atoms. The van der Waals surface area contributed by atoms with Crippen LogP contribution in [0.5, 0.6) is 0 Å². The van der Waals surface area contributed by atoms with Crippen LogP contribution in [-0.2, 0) is 20.1 Å². The van der Waals surface area contributed by atoms with Crippen LogP contribution in [0.2, 0.25) is 0 Å². The first-order valence-corrected chi connectivity index (χ1v) is 14.2. The molecule has 3 aromatic heterocycles. The van der Waals surface area contributed by atoms with E-state index < -0.39 is 20.6 Å². The Morgan fingerprint density at radius 1 is 0.717 bits per heavy atom. The monoisotopic (exact) mass is 783 g/mol. The molecule has 0 bridgehead atoms. The Kier molecular flexibility index (Phi) is 6.34. The average molecular weight is 783 g/mol. The van der Waals surface area contributed by atoms with E-state index in [9.17, 15) is 0 Å². The summed E-state index contributed by atoms with van der Waals surface area (Å²) in [7, 11) is 0. The summed E-state index contributed by atoms with van der Waals surface area (Å²) in [6.45, 7) is -6.54. The number of nitrogens with zero attached hydrogens (tertiary/aromatic N) is 3. The van der Waals surface area contributed by atoms with E-state index in [1.165, 1.54) is 24.4 Å². The zero-order valence-electron chi connectivity index (χ0n) is 33.3. The predicted octanol–water partition coefficient (Wildman–Crippen LogP) is 10.4. The summed E-state index contributed by atoms with van der Waals surface area (Å²) in [6, 6.07) is 42.0. The van der Waals surface area contributed by atoms with E-state index in [2.05, 4.69) is 58.3 Å². The van der Waals surface area contributed by atoms with Gasteiger partial charge in [0.25, 0.3) is 0 Å². The number of fused-ring (bicyclic) bond motifs is 2. The second kappa shape index (κ2) is 13.5. The zero-order chi connectivity index (χ0) is 38.3. The minimum atomic E-state index is -2.20. The van der Waals surface area contributed by atoms with Gasteiger partial charge in [0.15, 0.2) is 0 Å². The van der Waals surface area contributed by atoms with Crippen LogP contribution >= 0.6 is 0 Å². The molecule has 0 N–H and O–H groups in total. The first-order chi connectivity index (χ1) is 25.7. The van der Waals surface area contributed by atoms with Gasteiger partial charge in [-0.3, -0.25) is 4.98 Å². The molecule has 0 amide bonds. The predicted molar refractivity (Wildman–Crippen MR) is 183 cm³/mol. The van der Waals surface area contributed by atoms with Crippen molar-refractivity contribution in [1.29, 1.82) is 0 Å². The molecular formula is C41H31IrN3O-2. The van der Waals surface area contributed by atoms with Gasteiger partial charge in [-0.25, -0.2) is 0 Å². The fourth-order valence-electron chi connectivity index (χ4n) is 5.17. The van der Waals surface area contributed by atoms with E-state index in [-0.39, 0.29) is 36.8 Å². The fraction of sp³-hybridized carbons (Fsp3) is 0.0732. The molecule has 0 unspecified atom stereocenters. The van der Waals surface area contributed by atoms with E-state index >= 15 is 0 Å². The number of rotatable bonds is 4. The molecule has 0 aliphatic heterocycles. The molecule has 46 heavy (non-hydrogen) atoms. The van der Waals surface area contributed by atoms with Gasteiger partial charge in [-0.2, -0.15) is 0 Å². The summed E-state index contributed by atoms with van der Waals surface area (Å²) in [6.07, 6.45) is 4.27. The Bertz CT molecular complexity index is 2480. The zero-order valence-corrected chi connectivity index (χ0v) is 26.7. The Morgan fingerprint density at radius 3 is 2.20 bits per heavy atom. The van der Waals surface area contributed by atoms with E-state index in [0.717, 1.165) is 33.2 Å². The fourth-order valence-corrected chi connectivity index (χ4v) is 5.17. The summed E-state index contributed by atoms with van der Waals surface area (Å²) in [5.74, 6) is 0.689. The van der Waals surface area contributed by atoms with E-state index in [1.54, 1.807) is 30.3 Å². The normalized spacial score (nSPS) is 14.5. The topological polar surface area (TPSA) is 43.9 Å². The van der Waals surface area contributed by atoms with Crippen LogP contribution in [-0.4, -0.2) is 14.5 Å². The van der Waals surface area contributed by atoms with Crippen molar-refractivity contribution in [1.82, 2.24) is 14.5 Å². The number of hydrogen-bond donors (Lipinski definition) is 0. The van der Waals surface area contributed by atoms with E-state index in [1.807, 2.05) is 42.5 Å². The first-order valence-electron chi connectivity index (χ1n) is 18.7. The third-order valence-electron chi connectivity index (χ3n) is 7.38. The van der Waals surface area contributed by atoms with Gasteiger partial charge < -0.3 is 14.0 Å². The molecule has 1 radical (unpaired) electrons. The summed E-state index contributed by atoms with van der Waals surface area (Å²) in [5.41, 5.74) is 8.02. The molecule has 8 rings (SSSR count). The van der Waals surface area contributed by atoms with Crippen LogP contribution in [0.3, 0.4) is 0 Å². The maximum absolute atomic E-state index is 7.68. The van der Waals surface area contributed by atoms with Gasteiger partial charge >= 0.3 is 0 Å². The van der Waals surface area contributed by atoms with Crippen molar-refractivity contribution >= 4 is 22.0 Å². The van der Waals surface area contributed by atoms with Crippen molar-refractivity contribution in [2.24, 2.45) is 0 Å². The van der Waals surface area contributed by atoms with Gasteiger partial charge in [-0.05, 0) is 60.4 Å². The average Bonchev–Trinajstić information content (AvgIpc) is 3.76. The Morgan fingerprint density at radius 2 is 1.46 bits per heavy atom. The van der Waals surface area contributed by atoms with Gasteiger partial charge in [0, 0.05) is 56.2 Å². The standard InChI is InChI=1S/C28H19N2O.C13H12N.Ir/c1-19-11-16-23-24(18-31-27(23)17-19)28-29-25-9-5-6-10-26(25)30(28)22-14-12-21(13-15-22)20-7-3-2-4-8-20;1-10-3-6-12(7-4-10)13-8-5-11(2)9-14-13;/h2-17H,1H3;3-6,8-9H,1-2H3;/q2*-1;/i1D3;1D3,2D3;. The van der Waals surface area contributed by atoms with Crippen molar-refractivity contribution in [2.75, 3.05) is 0 Å². The molecule has 8 aromatic rings. The quantitative estimate of drug-likeness (QED) is 0.167. The number of aryl methyl sites for hydroxylation is 3. The Labute approximate surface area is 295 Å². The van der Waals surface area contributed by atoms with E-state index in [4.69, 9.17) is 21.7 Å². The second-order valence-corrected chi connectivity index (χ2v) is 10.4. The molecule has 0 saturated heterocycles. The van der Waals surface area contributed by atoms with Crippen molar-refractivity contribution in [3.8, 4) is 39.5 Å². The Balaban J connectivity index is 0.000000211. The SMILES string of the molecule is [2H]C([2H])([2H])c1c[c-]c(-c2ccc(C([2H])([2H])[2H])cn2)cc1.[2H]C([2H])([2H])c1ccc2c(-c3nc4ccccc4n3-c3ccc(-c4ccccc4)cc3)[c-]oc2c1.[Ir]. The minimum Gasteiger partial charge on any atom is -0.557 e. The minimum absolute atomic E-state index is 0. The molecule has 4 nitrogen and oxygen atoms in total. The van der Waals surface area contributed by atoms with Gasteiger partial charge in [0.05, 0.1) is 16.9 Å². The van der Waals surface area contributed by atoms with Gasteiger partial charge in [0.2, 0.25) is 0 Å². The van der Waals surface area contributed by atoms with Gasteiger partial charge in [-0.15, -0.1) is 41.5 Å². The number of furan rings is 1. The molecule has 5 aromatic carbocycles. The number of para-hydroxylation sites is 2. The maximum atomic E-state index is 7.68. The molecule has 0 aliphatic carbocycles. The molecule has 3 heterocycles. The van der Waals surface area contributed by atoms with Crippen LogP contribution in [0, 0.1) is 32.9 Å². The van der Waals surface area contributed by atoms with Gasteiger partial charge in [0.1, 0.15) is 0 Å². The number of imidazole rings is 1. The largest absolute Gasteiger partial charge is 0.557 e. The summed E-state index contributed by atoms with van der Waals surface area (Å²) >= 11 is 0. The number of hydrogen-bond acceptors (Lipinski definition) is 3. The van der Waals surface area contributed by atoms with Gasteiger partial charge in [-0.1, -0.05) is 102 Å². The molecule has 0 aliphatic rings. The van der Waals surface area contributed by atoms with Crippen LogP contribution in [0.1, 0.15) is 29.0 Å². The van der Waals surface area contributed by atoms with Crippen molar-refractivity contribution in [3.05, 3.63) is 163 Å². The number of aromatic nitrogens is 3. The molecule has 5 heteroatoms. The van der Waals surface area contributed by atoms with Crippen molar-refractivity contribution in [3.63, 3.8) is 0 Å². The van der Waals surface area contributed by atoms with Crippen molar-refractivity contribution < 1.29 is 36.9 Å². The van der Waals surface area contributed by atoms with Crippen molar-refractivity contribution in [2.45, 2.75) is 20.6 Å². The molecular weight excluding hydrogens is 743 g/mol. The molecule has 0 saturated carbocycles. The number of pyridine rings is 1. The smallest absolute Gasteiger partial charge is 0.0774 e. The Hall–Kier alpha value is -5.09. The molecule has 0 atom stereocenters. The third-order valence-corrected chi connectivity index (χ3v) is 7.38. The second-order valence-electron chi connectivity index (χ2n) is 10.4. The maximum Gasteiger partial charge on any atom is 0.0774 e. The first kappa shape index (κ1) is 21.6. The third kappa shape index (κ3) is 6.34. The summed E-state index contributed by atoms with van der Waals surface area (Å²) in [5, 5.41) is 0.769. The molecule has 227 valence electrons.